The molecule has 1 saturated heterocycles. The molecule has 0 radical (unpaired) electrons. The Morgan fingerprint density at radius 3 is 2.75 bits per heavy atom. The SMILES string of the molecule is COC(=O)C(C)CN1CC[C@H](NC(=O)c2cc(Cl)c(N)nc2OC)[C@H](OC)C1. The molecule has 3 atom stereocenters. The molecule has 1 aliphatic rings. The van der Waals surface area contributed by atoms with Crippen molar-refractivity contribution in [3.63, 3.8) is 0 Å². The minimum atomic E-state index is -0.366. The Hall–Kier alpha value is -2.10. The molecule has 9 nitrogen and oxygen atoms in total. The number of amides is 1. The highest BCUT2D eigenvalue weighted by molar-refractivity contribution is 6.33. The lowest BCUT2D eigenvalue weighted by Gasteiger charge is -2.38. The van der Waals surface area contributed by atoms with Crippen LogP contribution in [0.3, 0.4) is 0 Å². The standard InChI is InChI=1S/C18H27ClN4O5/c1-10(18(25)28-4)8-23-6-5-13(14(9-23)26-2)21-16(24)11-7-12(19)15(20)22-17(11)27-3/h7,10,13-14H,5-6,8-9H2,1-4H3,(H2,20,22)(H,21,24)/t10?,13-,14+/m0/s1. The van der Waals surface area contributed by atoms with Gasteiger partial charge in [0, 0.05) is 26.7 Å². The van der Waals surface area contributed by atoms with E-state index in [1.807, 2.05) is 6.92 Å². The molecule has 1 aliphatic heterocycles. The van der Waals surface area contributed by atoms with Gasteiger partial charge in [-0.25, -0.2) is 0 Å². The normalized spacial score (nSPS) is 21.0. The smallest absolute Gasteiger partial charge is 0.309 e. The molecule has 1 aromatic rings. The number of hydrogen-bond donors (Lipinski definition) is 2. The first-order valence-electron chi connectivity index (χ1n) is 8.94. The topological polar surface area (TPSA) is 116 Å². The third-order valence-electron chi connectivity index (χ3n) is 4.80. The van der Waals surface area contributed by atoms with Crippen LogP contribution in [0.1, 0.15) is 23.7 Å². The monoisotopic (exact) mass is 414 g/mol. The molecule has 1 amide bonds. The summed E-state index contributed by atoms with van der Waals surface area (Å²) in [5.41, 5.74) is 5.87. The second kappa shape index (κ2) is 9.90. The van der Waals surface area contributed by atoms with Gasteiger partial charge in [0.1, 0.15) is 11.4 Å². The van der Waals surface area contributed by atoms with Crippen molar-refractivity contribution < 1.29 is 23.8 Å². The van der Waals surface area contributed by atoms with Crippen LogP contribution in [0.25, 0.3) is 0 Å². The summed E-state index contributed by atoms with van der Waals surface area (Å²) in [6, 6.07) is 1.23. The number of nitrogen functional groups attached to an aromatic ring is 1. The van der Waals surface area contributed by atoms with E-state index in [0.717, 1.165) is 0 Å². The summed E-state index contributed by atoms with van der Waals surface area (Å²) in [6.45, 7) is 3.69. The van der Waals surface area contributed by atoms with Gasteiger partial charge in [-0.2, -0.15) is 4.98 Å². The lowest BCUT2D eigenvalue weighted by atomic mass is 9.99. The number of halogens is 1. The molecular formula is C18H27ClN4O5. The van der Waals surface area contributed by atoms with E-state index >= 15 is 0 Å². The Balaban J connectivity index is 2.04. The predicted molar refractivity (Wildman–Crippen MR) is 104 cm³/mol. The van der Waals surface area contributed by atoms with Crippen LogP contribution >= 0.6 is 11.6 Å². The molecule has 0 spiro atoms. The number of likely N-dealkylation sites (tertiary alicyclic amines) is 1. The number of esters is 1. The van der Waals surface area contributed by atoms with Crippen molar-refractivity contribution in [3.05, 3.63) is 16.7 Å². The highest BCUT2D eigenvalue weighted by Crippen LogP contribution is 2.25. The summed E-state index contributed by atoms with van der Waals surface area (Å²) in [5, 5.41) is 3.15. The van der Waals surface area contributed by atoms with E-state index in [4.69, 9.17) is 31.5 Å². The summed E-state index contributed by atoms with van der Waals surface area (Å²) in [5.74, 6) is -0.643. The van der Waals surface area contributed by atoms with Gasteiger partial charge in [-0.05, 0) is 12.5 Å². The maximum Gasteiger partial charge on any atom is 0.309 e. The molecular weight excluding hydrogens is 388 g/mol. The van der Waals surface area contributed by atoms with Gasteiger partial charge < -0.3 is 25.3 Å². The van der Waals surface area contributed by atoms with Gasteiger partial charge >= 0.3 is 5.97 Å². The first kappa shape index (κ1) is 22.2. The van der Waals surface area contributed by atoms with Gasteiger partial charge in [0.25, 0.3) is 5.91 Å². The average Bonchev–Trinajstić information content (AvgIpc) is 2.69. The fraction of sp³-hybridized carbons (Fsp3) is 0.611. The lowest BCUT2D eigenvalue weighted by Crippen LogP contribution is -2.55. The lowest BCUT2D eigenvalue weighted by molar-refractivity contribution is -0.145. The number of carbonyl (C=O) groups excluding carboxylic acids is 2. The van der Waals surface area contributed by atoms with Crippen LogP contribution in [0.2, 0.25) is 5.02 Å². The van der Waals surface area contributed by atoms with E-state index < -0.39 is 0 Å². The number of pyridine rings is 1. The minimum absolute atomic E-state index is 0.0952. The van der Waals surface area contributed by atoms with Crippen molar-refractivity contribution in [3.8, 4) is 5.88 Å². The Labute approximate surface area is 169 Å². The molecule has 1 unspecified atom stereocenters. The third-order valence-corrected chi connectivity index (χ3v) is 5.11. The van der Waals surface area contributed by atoms with Crippen molar-refractivity contribution in [2.75, 3.05) is 46.7 Å². The summed E-state index contributed by atoms with van der Waals surface area (Å²) >= 11 is 6.00. The highest BCUT2D eigenvalue weighted by Gasteiger charge is 2.32. The first-order chi connectivity index (χ1) is 13.3. The van der Waals surface area contributed by atoms with Gasteiger partial charge in [-0.15, -0.1) is 0 Å². The Bertz CT molecular complexity index is 717. The van der Waals surface area contributed by atoms with Gasteiger partial charge in [-0.3, -0.25) is 14.5 Å². The fourth-order valence-electron chi connectivity index (χ4n) is 3.26. The van der Waals surface area contributed by atoms with Crippen LogP contribution < -0.4 is 15.8 Å². The van der Waals surface area contributed by atoms with E-state index in [9.17, 15) is 9.59 Å². The number of ether oxygens (including phenoxy) is 3. The van der Waals surface area contributed by atoms with Crippen molar-refractivity contribution in [2.24, 2.45) is 5.92 Å². The summed E-state index contributed by atoms with van der Waals surface area (Å²) in [4.78, 5) is 30.5. The number of hydrogen-bond acceptors (Lipinski definition) is 8. The molecule has 0 aromatic carbocycles. The van der Waals surface area contributed by atoms with Crippen molar-refractivity contribution >= 4 is 29.3 Å². The van der Waals surface area contributed by atoms with Gasteiger partial charge in [0.2, 0.25) is 5.88 Å². The second-order valence-electron chi connectivity index (χ2n) is 6.74. The average molecular weight is 415 g/mol. The number of nitrogens with one attached hydrogen (secondary N) is 1. The van der Waals surface area contributed by atoms with Crippen molar-refractivity contribution in [1.82, 2.24) is 15.2 Å². The van der Waals surface area contributed by atoms with Crippen molar-refractivity contribution in [1.29, 1.82) is 0 Å². The molecule has 1 aromatic heterocycles. The molecule has 3 N–H and O–H groups in total. The van der Waals surface area contributed by atoms with E-state index in [0.29, 0.717) is 26.1 Å². The Kier molecular flexibility index (Phi) is 7.85. The number of aromatic nitrogens is 1. The number of anilines is 1. The number of nitrogens with zero attached hydrogens (tertiary/aromatic N) is 2. The highest BCUT2D eigenvalue weighted by atomic mass is 35.5. The van der Waals surface area contributed by atoms with Gasteiger partial charge in [0.15, 0.2) is 0 Å². The number of piperidine rings is 1. The molecule has 2 rings (SSSR count). The van der Waals surface area contributed by atoms with Crippen LogP contribution in [0.15, 0.2) is 6.07 Å². The number of carbonyl (C=O) groups is 2. The van der Waals surface area contributed by atoms with E-state index in [1.165, 1.54) is 20.3 Å². The van der Waals surface area contributed by atoms with Crippen LogP contribution in [-0.4, -0.2) is 74.9 Å². The number of rotatable bonds is 7. The largest absolute Gasteiger partial charge is 0.480 e. The zero-order chi connectivity index (χ0) is 20.8. The maximum atomic E-state index is 12.7. The van der Waals surface area contributed by atoms with E-state index in [-0.39, 0.29) is 52.2 Å². The van der Waals surface area contributed by atoms with Crippen LogP contribution in [0.4, 0.5) is 5.82 Å². The van der Waals surface area contributed by atoms with Crippen LogP contribution in [0.5, 0.6) is 5.88 Å². The fourth-order valence-corrected chi connectivity index (χ4v) is 3.41. The molecule has 0 bridgehead atoms. The van der Waals surface area contributed by atoms with E-state index in [1.54, 1.807) is 7.11 Å². The van der Waals surface area contributed by atoms with Gasteiger partial charge in [-0.1, -0.05) is 18.5 Å². The molecule has 2 heterocycles. The van der Waals surface area contributed by atoms with E-state index in [2.05, 4.69) is 15.2 Å². The zero-order valence-electron chi connectivity index (χ0n) is 16.5. The summed E-state index contributed by atoms with van der Waals surface area (Å²) < 4.78 is 15.5. The van der Waals surface area contributed by atoms with Gasteiger partial charge in [0.05, 0.1) is 37.3 Å². The zero-order valence-corrected chi connectivity index (χ0v) is 17.3. The quantitative estimate of drug-likeness (QED) is 0.633. The Morgan fingerprint density at radius 2 is 2.14 bits per heavy atom. The van der Waals surface area contributed by atoms with Crippen molar-refractivity contribution in [2.45, 2.75) is 25.5 Å². The summed E-state index contributed by atoms with van der Waals surface area (Å²) in [7, 11) is 4.38. The molecule has 10 heteroatoms. The molecule has 0 saturated carbocycles. The molecule has 0 aliphatic carbocycles. The minimum Gasteiger partial charge on any atom is -0.480 e. The van der Waals surface area contributed by atoms with Crippen LogP contribution in [0, 0.1) is 5.92 Å². The predicted octanol–water partition coefficient (Wildman–Crippen LogP) is 0.954. The Morgan fingerprint density at radius 1 is 1.43 bits per heavy atom. The van der Waals surface area contributed by atoms with Crippen LogP contribution in [-0.2, 0) is 14.3 Å². The third kappa shape index (κ3) is 5.24. The molecule has 156 valence electrons. The summed E-state index contributed by atoms with van der Waals surface area (Å²) in [6.07, 6.45) is 0.432. The first-order valence-corrected chi connectivity index (χ1v) is 9.32. The second-order valence-corrected chi connectivity index (χ2v) is 7.15. The maximum absolute atomic E-state index is 12.7. The number of nitrogens with two attached hydrogens (primary N) is 1. The number of methoxy groups -OCH3 is 3. The molecule has 1 fully saturated rings. The molecule has 28 heavy (non-hydrogen) atoms.